The smallest absolute Gasteiger partial charge is 0.335 e. The molecule has 0 atom stereocenters. The Morgan fingerprint density at radius 2 is 2.25 bits per heavy atom. The third-order valence-electron chi connectivity index (χ3n) is 1.51. The Kier molecular flexibility index (Phi) is 2.68. The Balaban J connectivity index is 3.13. The molecule has 0 radical (unpaired) electrons. The van der Waals surface area contributed by atoms with Crippen LogP contribution in [0.2, 0.25) is 5.02 Å². The third-order valence-corrected chi connectivity index (χ3v) is 1.88. The summed E-state index contributed by atoms with van der Waals surface area (Å²) in [6, 6.07) is 4.46. The summed E-state index contributed by atoms with van der Waals surface area (Å²) in [6.07, 6.45) is 0. The number of aromatic carboxylic acids is 1. The second-order valence-corrected chi connectivity index (χ2v) is 2.72. The molecule has 0 aliphatic heterocycles. The molecule has 0 spiro atoms. The summed E-state index contributed by atoms with van der Waals surface area (Å²) in [6.45, 7) is 0.250. The van der Waals surface area contributed by atoms with Gasteiger partial charge in [0.15, 0.2) is 0 Å². The minimum absolute atomic E-state index is 0.208. The Morgan fingerprint density at radius 1 is 1.58 bits per heavy atom. The van der Waals surface area contributed by atoms with Crippen molar-refractivity contribution in [2.75, 3.05) is 0 Å². The van der Waals surface area contributed by atoms with E-state index in [4.69, 9.17) is 22.4 Å². The molecule has 0 aromatic heterocycles. The lowest BCUT2D eigenvalue weighted by Gasteiger charge is -2.01. The van der Waals surface area contributed by atoms with Gasteiger partial charge >= 0.3 is 5.97 Å². The Morgan fingerprint density at radius 3 is 2.75 bits per heavy atom. The molecule has 1 rings (SSSR count). The van der Waals surface area contributed by atoms with E-state index in [1.165, 1.54) is 18.2 Å². The number of carboxylic acid groups (broad SMARTS) is 1. The molecule has 0 aliphatic carbocycles. The van der Waals surface area contributed by atoms with Gasteiger partial charge in [-0.1, -0.05) is 11.6 Å². The van der Waals surface area contributed by atoms with Gasteiger partial charge in [0.25, 0.3) is 0 Å². The maximum atomic E-state index is 10.5. The first kappa shape index (κ1) is 9.03. The van der Waals surface area contributed by atoms with Gasteiger partial charge in [0.2, 0.25) is 0 Å². The Bertz CT molecular complexity index is 312. The topological polar surface area (TPSA) is 63.3 Å². The first-order valence-electron chi connectivity index (χ1n) is 3.37. The molecule has 0 heterocycles. The summed E-state index contributed by atoms with van der Waals surface area (Å²) in [5, 5.41) is 9.11. The van der Waals surface area contributed by atoms with Gasteiger partial charge in [0, 0.05) is 11.6 Å². The number of rotatable bonds is 2. The molecule has 12 heavy (non-hydrogen) atoms. The van der Waals surface area contributed by atoms with Crippen LogP contribution in [0.1, 0.15) is 15.9 Å². The van der Waals surface area contributed by atoms with Gasteiger partial charge in [-0.25, -0.2) is 4.79 Å². The Labute approximate surface area is 74.8 Å². The fourth-order valence-electron chi connectivity index (χ4n) is 0.864. The van der Waals surface area contributed by atoms with Gasteiger partial charge in [0.1, 0.15) is 0 Å². The van der Waals surface area contributed by atoms with E-state index in [-0.39, 0.29) is 12.1 Å². The molecule has 0 fully saturated rings. The highest BCUT2D eigenvalue weighted by Gasteiger charge is 2.05. The van der Waals surface area contributed by atoms with Crippen molar-refractivity contribution in [3.63, 3.8) is 0 Å². The van der Waals surface area contributed by atoms with Crippen molar-refractivity contribution in [1.82, 2.24) is 0 Å². The summed E-state index contributed by atoms with van der Waals surface area (Å²) in [7, 11) is 0. The van der Waals surface area contributed by atoms with Crippen LogP contribution in [0.5, 0.6) is 0 Å². The largest absolute Gasteiger partial charge is 0.478 e. The first-order chi connectivity index (χ1) is 5.65. The van der Waals surface area contributed by atoms with Crippen LogP contribution >= 0.6 is 11.6 Å². The van der Waals surface area contributed by atoms with Gasteiger partial charge in [0.05, 0.1) is 5.56 Å². The second kappa shape index (κ2) is 3.56. The second-order valence-electron chi connectivity index (χ2n) is 2.32. The zero-order valence-electron chi connectivity index (χ0n) is 6.25. The van der Waals surface area contributed by atoms with Gasteiger partial charge in [-0.2, -0.15) is 0 Å². The predicted octanol–water partition coefficient (Wildman–Crippen LogP) is 1.50. The monoisotopic (exact) mass is 185 g/mol. The van der Waals surface area contributed by atoms with E-state index >= 15 is 0 Å². The zero-order valence-corrected chi connectivity index (χ0v) is 7.01. The van der Waals surface area contributed by atoms with E-state index in [0.29, 0.717) is 10.6 Å². The average Bonchev–Trinajstić information content (AvgIpc) is 2.05. The lowest BCUT2D eigenvalue weighted by molar-refractivity contribution is 0.0697. The van der Waals surface area contributed by atoms with Crippen LogP contribution in [0, 0.1) is 0 Å². The van der Waals surface area contributed by atoms with Crippen LogP contribution in [-0.4, -0.2) is 11.1 Å². The average molecular weight is 186 g/mol. The van der Waals surface area contributed by atoms with Crippen LogP contribution in [0.4, 0.5) is 0 Å². The zero-order chi connectivity index (χ0) is 9.14. The standard InChI is InChI=1S/C8H8ClNO2/c9-7-2-1-5(8(11)12)3-6(7)4-10/h1-3H,4,10H2,(H,11,12). The van der Waals surface area contributed by atoms with Crippen LogP contribution in [0.15, 0.2) is 18.2 Å². The minimum Gasteiger partial charge on any atom is -0.478 e. The quantitative estimate of drug-likeness (QED) is 0.734. The highest BCUT2D eigenvalue weighted by atomic mass is 35.5. The number of hydrogen-bond donors (Lipinski definition) is 2. The summed E-state index contributed by atoms with van der Waals surface area (Å²) >= 11 is 5.73. The van der Waals surface area contributed by atoms with E-state index in [0.717, 1.165) is 0 Å². The molecule has 4 heteroatoms. The summed E-state index contributed by atoms with van der Waals surface area (Å²) in [5.74, 6) is -0.971. The molecule has 3 N–H and O–H groups in total. The van der Waals surface area contributed by atoms with Crippen molar-refractivity contribution in [3.8, 4) is 0 Å². The molecule has 3 nitrogen and oxygen atoms in total. The molecule has 1 aromatic rings. The van der Waals surface area contributed by atoms with Crippen LogP contribution < -0.4 is 5.73 Å². The van der Waals surface area contributed by atoms with Crippen LogP contribution in [0.3, 0.4) is 0 Å². The number of hydrogen-bond acceptors (Lipinski definition) is 2. The molecule has 1 aromatic carbocycles. The maximum Gasteiger partial charge on any atom is 0.335 e. The third kappa shape index (κ3) is 1.75. The van der Waals surface area contributed by atoms with Gasteiger partial charge < -0.3 is 10.8 Å². The summed E-state index contributed by atoms with van der Waals surface area (Å²) in [4.78, 5) is 10.5. The maximum absolute atomic E-state index is 10.5. The van der Waals surface area contributed by atoms with E-state index in [2.05, 4.69) is 0 Å². The van der Waals surface area contributed by atoms with Crippen molar-refractivity contribution in [2.24, 2.45) is 5.73 Å². The summed E-state index contributed by atoms with van der Waals surface area (Å²) < 4.78 is 0. The number of benzene rings is 1. The molecular weight excluding hydrogens is 178 g/mol. The molecule has 0 amide bonds. The fourth-order valence-corrected chi connectivity index (χ4v) is 1.06. The minimum atomic E-state index is -0.971. The van der Waals surface area contributed by atoms with E-state index in [1.54, 1.807) is 0 Å². The van der Waals surface area contributed by atoms with Crippen molar-refractivity contribution in [1.29, 1.82) is 0 Å². The van der Waals surface area contributed by atoms with Crippen molar-refractivity contribution in [3.05, 3.63) is 34.3 Å². The van der Waals surface area contributed by atoms with Crippen LogP contribution in [-0.2, 0) is 6.54 Å². The highest BCUT2D eigenvalue weighted by molar-refractivity contribution is 6.31. The normalized spacial score (nSPS) is 9.83. The number of nitrogens with two attached hydrogens (primary N) is 1. The lowest BCUT2D eigenvalue weighted by atomic mass is 10.1. The lowest BCUT2D eigenvalue weighted by Crippen LogP contribution is -2.01. The van der Waals surface area contributed by atoms with Gasteiger partial charge in [-0.15, -0.1) is 0 Å². The van der Waals surface area contributed by atoms with Gasteiger partial charge in [-0.05, 0) is 23.8 Å². The number of carboxylic acids is 1. The molecule has 64 valence electrons. The van der Waals surface area contributed by atoms with E-state index in [9.17, 15) is 4.79 Å². The van der Waals surface area contributed by atoms with Crippen molar-refractivity contribution >= 4 is 17.6 Å². The number of carbonyl (C=O) groups is 1. The summed E-state index contributed by atoms with van der Waals surface area (Å²) in [5.41, 5.74) is 6.20. The first-order valence-corrected chi connectivity index (χ1v) is 3.74. The molecule has 0 bridgehead atoms. The van der Waals surface area contributed by atoms with E-state index < -0.39 is 5.97 Å². The highest BCUT2D eigenvalue weighted by Crippen LogP contribution is 2.16. The van der Waals surface area contributed by atoms with Crippen LogP contribution in [0.25, 0.3) is 0 Å². The molecule has 0 saturated heterocycles. The van der Waals surface area contributed by atoms with Crippen molar-refractivity contribution in [2.45, 2.75) is 6.54 Å². The SMILES string of the molecule is NCc1cc(C(=O)O)ccc1Cl. The van der Waals surface area contributed by atoms with Crippen molar-refractivity contribution < 1.29 is 9.90 Å². The van der Waals surface area contributed by atoms with E-state index in [1.807, 2.05) is 0 Å². The molecular formula is C8H8ClNO2. The van der Waals surface area contributed by atoms with Gasteiger partial charge in [-0.3, -0.25) is 0 Å². The molecule has 0 aliphatic rings. The molecule has 0 unspecified atom stereocenters. The number of halogens is 1. The predicted molar refractivity (Wildman–Crippen MR) is 46.3 cm³/mol. The molecule has 0 saturated carbocycles. The fraction of sp³-hybridized carbons (Fsp3) is 0.125. The Hall–Kier alpha value is -1.06.